The Balaban J connectivity index is 2.32. The zero-order valence-electron chi connectivity index (χ0n) is 9.93. The van der Waals surface area contributed by atoms with E-state index in [1.54, 1.807) is 0 Å². The van der Waals surface area contributed by atoms with E-state index in [1.807, 2.05) is 56.0 Å². The molecule has 1 atom stereocenters. The molecule has 0 N–H and O–H groups in total. The van der Waals surface area contributed by atoms with E-state index >= 15 is 0 Å². The van der Waals surface area contributed by atoms with Gasteiger partial charge in [0.1, 0.15) is 6.61 Å². The third kappa shape index (κ3) is 1.90. The molecule has 1 amide bonds. The van der Waals surface area contributed by atoms with Gasteiger partial charge >= 0.3 is 6.09 Å². The normalized spacial score (nSPS) is 21.1. The Labute approximate surface area is 96.0 Å². The lowest BCUT2D eigenvalue weighted by atomic mass is 10.00. The first-order valence-electron chi connectivity index (χ1n) is 5.51. The number of cyclic esters (lactones) is 1. The van der Waals surface area contributed by atoms with Crippen molar-refractivity contribution in [2.45, 2.75) is 32.4 Å². The minimum atomic E-state index is -0.221. The average molecular weight is 219 g/mol. The number of nitrogens with zero attached hydrogens (tertiary/aromatic N) is 1. The standard InChI is InChI=1S/C13H17NO2/c1-13(2,3)14-11(9-16-12(14)15)10-7-5-4-6-8-10/h4-8,11H,9H2,1-3H3/t11-/m0/s1. The molecule has 86 valence electrons. The quantitative estimate of drug-likeness (QED) is 0.726. The highest BCUT2D eigenvalue weighted by Crippen LogP contribution is 2.33. The van der Waals surface area contributed by atoms with Crippen LogP contribution in [-0.4, -0.2) is 23.1 Å². The van der Waals surface area contributed by atoms with Gasteiger partial charge in [0.25, 0.3) is 0 Å². The van der Waals surface area contributed by atoms with Crippen molar-refractivity contribution in [2.24, 2.45) is 0 Å². The second kappa shape index (κ2) is 3.81. The molecule has 0 bridgehead atoms. The topological polar surface area (TPSA) is 29.5 Å². The number of carbonyl (C=O) groups is 1. The van der Waals surface area contributed by atoms with Crippen LogP contribution in [0, 0.1) is 0 Å². The van der Waals surface area contributed by atoms with Crippen LogP contribution in [0.5, 0.6) is 0 Å². The van der Waals surface area contributed by atoms with Crippen LogP contribution < -0.4 is 0 Å². The van der Waals surface area contributed by atoms with E-state index in [1.165, 1.54) is 0 Å². The van der Waals surface area contributed by atoms with Gasteiger partial charge in [-0.25, -0.2) is 4.79 Å². The highest BCUT2D eigenvalue weighted by molar-refractivity contribution is 5.71. The van der Waals surface area contributed by atoms with Gasteiger partial charge in [-0.3, -0.25) is 4.90 Å². The van der Waals surface area contributed by atoms with Gasteiger partial charge in [0.15, 0.2) is 0 Å². The van der Waals surface area contributed by atoms with Crippen molar-refractivity contribution in [2.75, 3.05) is 6.61 Å². The van der Waals surface area contributed by atoms with Crippen LogP contribution in [-0.2, 0) is 4.74 Å². The number of hydrogen-bond acceptors (Lipinski definition) is 2. The fraction of sp³-hybridized carbons (Fsp3) is 0.462. The maximum absolute atomic E-state index is 11.7. The Morgan fingerprint density at radius 3 is 2.44 bits per heavy atom. The summed E-state index contributed by atoms with van der Waals surface area (Å²) in [4.78, 5) is 13.5. The summed E-state index contributed by atoms with van der Waals surface area (Å²) in [6, 6.07) is 10.0. The Morgan fingerprint density at radius 2 is 1.88 bits per heavy atom. The van der Waals surface area contributed by atoms with Gasteiger partial charge in [-0.1, -0.05) is 30.3 Å². The van der Waals surface area contributed by atoms with E-state index in [-0.39, 0.29) is 17.7 Å². The molecule has 1 aliphatic rings. The minimum Gasteiger partial charge on any atom is -0.447 e. The molecule has 1 fully saturated rings. The lowest BCUT2D eigenvalue weighted by Crippen LogP contribution is -2.43. The number of rotatable bonds is 1. The van der Waals surface area contributed by atoms with Crippen LogP contribution in [0.25, 0.3) is 0 Å². The molecule has 1 aromatic rings. The summed E-state index contributed by atoms with van der Waals surface area (Å²) in [5.74, 6) is 0. The van der Waals surface area contributed by atoms with E-state index in [9.17, 15) is 4.79 Å². The zero-order chi connectivity index (χ0) is 11.8. The first kappa shape index (κ1) is 11.0. The summed E-state index contributed by atoms with van der Waals surface area (Å²) >= 11 is 0. The van der Waals surface area contributed by atoms with Crippen LogP contribution in [0.15, 0.2) is 30.3 Å². The molecule has 0 spiro atoms. The van der Waals surface area contributed by atoms with Gasteiger partial charge in [0, 0.05) is 5.54 Å². The SMILES string of the molecule is CC(C)(C)N1C(=O)OC[C@H]1c1ccccc1. The highest BCUT2D eigenvalue weighted by atomic mass is 16.6. The number of benzene rings is 1. The van der Waals surface area contributed by atoms with Gasteiger partial charge in [-0.15, -0.1) is 0 Å². The predicted molar refractivity (Wildman–Crippen MR) is 62.1 cm³/mol. The Hall–Kier alpha value is -1.51. The van der Waals surface area contributed by atoms with Crippen LogP contribution >= 0.6 is 0 Å². The Bertz CT molecular complexity index is 381. The molecule has 1 aromatic carbocycles. The molecule has 0 unspecified atom stereocenters. The summed E-state index contributed by atoms with van der Waals surface area (Å²) in [5.41, 5.74) is 0.914. The van der Waals surface area contributed by atoms with Crippen LogP contribution in [0.2, 0.25) is 0 Å². The largest absolute Gasteiger partial charge is 0.447 e. The summed E-state index contributed by atoms with van der Waals surface area (Å²) in [5, 5.41) is 0. The molecule has 0 aliphatic carbocycles. The van der Waals surface area contributed by atoms with Crippen molar-refractivity contribution in [1.29, 1.82) is 0 Å². The minimum absolute atomic E-state index is 0.0358. The molecule has 1 aliphatic heterocycles. The first-order chi connectivity index (χ1) is 7.50. The maximum atomic E-state index is 11.7. The fourth-order valence-electron chi connectivity index (χ4n) is 2.08. The van der Waals surface area contributed by atoms with E-state index in [0.717, 1.165) is 5.56 Å². The van der Waals surface area contributed by atoms with Crippen molar-refractivity contribution >= 4 is 6.09 Å². The van der Waals surface area contributed by atoms with Crippen molar-refractivity contribution in [1.82, 2.24) is 4.90 Å². The van der Waals surface area contributed by atoms with Crippen molar-refractivity contribution in [3.8, 4) is 0 Å². The monoisotopic (exact) mass is 219 g/mol. The summed E-state index contributed by atoms with van der Waals surface area (Å²) < 4.78 is 5.15. The molecule has 3 heteroatoms. The van der Waals surface area contributed by atoms with E-state index in [0.29, 0.717) is 6.61 Å². The van der Waals surface area contributed by atoms with Gasteiger partial charge in [0.05, 0.1) is 6.04 Å². The maximum Gasteiger partial charge on any atom is 0.410 e. The smallest absolute Gasteiger partial charge is 0.410 e. The number of carbonyl (C=O) groups excluding carboxylic acids is 1. The highest BCUT2D eigenvalue weighted by Gasteiger charge is 2.40. The van der Waals surface area contributed by atoms with Gasteiger partial charge in [-0.2, -0.15) is 0 Å². The number of amides is 1. The molecule has 16 heavy (non-hydrogen) atoms. The molecule has 1 saturated heterocycles. The Kier molecular flexibility index (Phi) is 2.62. The summed E-state index contributed by atoms with van der Waals surface area (Å²) in [7, 11) is 0. The fourth-order valence-corrected chi connectivity index (χ4v) is 2.08. The summed E-state index contributed by atoms with van der Waals surface area (Å²) in [6.45, 7) is 6.51. The molecule has 3 nitrogen and oxygen atoms in total. The summed E-state index contributed by atoms with van der Waals surface area (Å²) in [6.07, 6.45) is -0.221. The van der Waals surface area contributed by atoms with E-state index in [4.69, 9.17) is 4.74 Å². The Morgan fingerprint density at radius 1 is 1.25 bits per heavy atom. The molecular formula is C13H17NO2. The van der Waals surface area contributed by atoms with Crippen LogP contribution in [0.3, 0.4) is 0 Å². The van der Waals surface area contributed by atoms with Crippen LogP contribution in [0.1, 0.15) is 32.4 Å². The first-order valence-corrected chi connectivity index (χ1v) is 5.51. The van der Waals surface area contributed by atoms with Gasteiger partial charge < -0.3 is 4.74 Å². The lowest BCUT2D eigenvalue weighted by molar-refractivity contribution is 0.122. The van der Waals surface area contributed by atoms with Gasteiger partial charge in [0.2, 0.25) is 0 Å². The molecule has 0 aromatic heterocycles. The molecule has 2 rings (SSSR count). The average Bonchev–Trinajstić information content (AvgIpc) is 2.61. The predicted octanol–water partition coefficient (Wildman–Crippen LogP) is 2.98. The van der Waals surface area contributed by atoms with Crippen LogP contribution in [0.4, 0.5) is 4.79 Å². The third-order valence-corrected chi connectivity index (χ3v) is 2.78. The molecule has 0 radical (unpaired) electrons. The van der Waals surface area contributed by atoms with E-state index < -0.39 is 0 Å². The van der Waals surface area contributed by atoms with E-state index in [2.05, 4.69) is 0 Å². The van der Waals surface area contributed by atoms with Gasteiger partial charge in [-0.05, 0) is 26.3 Å². The van der Waals surface area contributed by atoms with Crippen molar-refractivity contribution in [3.63, 3.8) is 0 Å². The molecule has 0 saturated carbocycles. The number of hydrogen-bond donors (Lipinski definition) is 0. The number of ether oxygens (including phenoxy) is 1. The zero-order valence-corrected chi connectivity index (χ0v) is 9.93. The second-order valence-corrected chi connectivity index (χ2v) is 5.04. The molecule has 1 heterocycles. The second-order valence-electron chi connectivity index (χ2n) is 5.04. The van der Waals surface area contributed by atoms with Crippen molar-refractivity contribution in [3.05, 3.63) is 35.9 Å². The lowest BCUT2D eigenvalue weighted by Gasteiger charge is -2.34. The molecular weight excluding hydrogens is 202 g/mol. The third-order valence-electron chi connectivity index (χ3n) is 2.78. The van der Waals surface area contributed by atoms with Crippen molar-refractivity contribution < 1.29 is 9.53 Å².